The van der Waals surface area contributed by atoms with Crippen molar-refractivity contribution in [3.8, 4) is 5.69 Å². The molecule has 0 bridgehead atoms. The molecule has 1 aromatic carbocycles. The third-order valence-electron chi connectivity index (χ3n) is 5.56. The van der Waals surface area contributed by atoms with Crippen molar-refractivity contribution in [1.29, 1.82) is 0 Å². The largest absolute Gasteiger partial charge is 0.342 e. The predicted octanol–water partition coefficient (Wildman–Crippen LogP) is 2.13. The lowest BCUT2D eigenvalue weighted by atomic mass is 9.94. The molecule has 0 radical (unpaired) electrons. The van der Waals surface area contributed by atoms with Crippen molar-refractivity contribution in [2.45, 2.75) is 32.1 Å². The van der Waals surface area contributed by atoms with Gasteiger partial charge >= 0.3 is 0 Å². The van der Waals surface area contributed by atoms with Gasteiger partial charge in [0.2, 0.25) is 5.91 Å². The summed E-state index contributed by atoms with van der Waals surface area (Å²) in [5.41, 5.74) is 1.38. The number of aromatic nitrogens is 3. The van der Waals surface area contributed by atoms with E-state index in [9.17, 15) is 9.59 Å². The normalized spacial score (nSPS) is 20.5. The minimum atomic E-state index is -0.0807. The van der Waals surface area contributed by atoms with Crippen molar-refractivity contribution < 1.29 is 9.59 Å². The highest BCUT2D eigenvalue weighted by atomic mass is 16.2. The molecule has 7 nitrogen and oxygen atoms in total. The van der Waals surface area contributed by atoms with E-state index in [0.717, 1.165) is 44.5 Å². The maximum atomic E-state index is 13.2. The summed E-state index contributed by atoms with van der Waals surface area (Å²) in [6.07, 6.45) is 8.30. The minimum Gasteiger partial charge on any atom is -0.342 e. The van der Waals surface area contributed by atoms with Crippen LogP contribution in [0.5, 0.6) is 0 Å². The Bertz CT molecular complexity index is 798. The predicted molar refractivity (Wildman–Crippen MR) is 100 cm³/mol. The number of likely N-dealkylation sites (tertiary alicyclic amines) is 2. The van der Waals surface area contributed by atoms with E-state index in [1.54, 1.807) is 17.2 Å². The molecule has 0 aliphatic carbocycles. The summed E-state index contributed by atoms with van der Waals surface area (Å²) in [5.74, 6) is 0.109. The number of rotatable bonds is 3. The molecule has 2 fully saturated rings. The SMILES string of the molecule is O=C(c1ccccc1-n1cnnc1)N1CCC[C@@H](C(=O)N2CCCCC2)C1. The van der Waals surface area contributed by atoms with E-state index in [0.29, 0.717) is 18.7 Å². The molecule has 142 valence electrons. The van der Waals surface area contributed by atoms with Crippen LogP contribution in [0, 0.1) is 5.92 Å². The molecule has 0 saturated carbocycles. The van der Waals surface area contributed by atoms with Crippen LogP contribution in [0.2, 0.25) is 0 Å². The van der Waals surface area contributed by atoms with Crippen LogP contribution in [0.4, 0.5) is 0 Å². The van der Waals surface area contributed by atoms with Gasteiger partial charge in [0.15, 0.2) is 0 Å². The van der Waals surface area contributed by atoms with Crippen molar-refractivity contribution in [2.75, 3.05) is 26.2 Å². The van der Waals surface area contributed by atoms with Crippen molar-refractivity contribution >= 4 is 11.8 Å². The molecule has 27 heavy (non-hydrogen) atoms. The fraction of sp³-hybridized carbons (Fsp3) is 0.500. The van der Waals surface area contributed by atoms with Gasteiger partial charge in [0, 0.05) is 26.2 Å². The van der Waals surface area contributed by atoms with E-state index in [1.165, 1.54) is 6.42 Å². The molecule has 1 atom stereocenters. The monoisotopic (exact) mass is 367 g/mol. The zero-order chi connectivity index (χ0) is 18.6. The molecule has 2 aliphatic rings. The third-order valence-corrected chi connectivity index (χ3v) is 5.56. The van der Waals surface area contributed by atoms with Gasteiger partial charge in [-0.25, -0.2) is 0 Å². The molecule has 2 saturated heterocycles. The van der Waals surface area contributed by atoms with Crippen LogP contribution >= 0.6 is 0 Å². The Morgan fingerprint density at radius 1 is 0.889 bits per heavy atom. The number of piperidine rings is 2. The van der Waals surface area contributed by atoms with Crippen LogP contribution in [-0.2, 0) is 4.79 Å². The molecule has 0 N–H and O–H groups in total. The standard InChI is InChI=1S/C20H25N5O2/c26-19(23-10-4-1-5-11-23)16-7-6-12-24(13-16)20(27)17-8-2-3-9-18(17)25-14-21-22-15-25/h2-3,8-9,14-16H,1,4-7,10-13H2/t16-/m1/s1. The van der Waals surface area contributed by atoms with Gasteiger partial charge in [-0.1, -0.05) is 12.1 Å². The number of benzene rings is 1. The molecule has 0 spiro atoms. The fourth-order valence-corrected chi connectivity index (χ4v) is 4.11. The average Bonchev–Trinajstić information content (AvgIpc) is 3.28. The number of carbonyl (C=O) groups excluding carboxylic acids is 2. The number of para-hydroxylation sites is 1. The lowest BCUT2D eigenvalue weighted by Crippen LogP contribution is -2.48. The van der Waals surface area contributed by atoms with Gasteiger partial charge in [-0.15, -0.1) is 10.2 Å². The Balaban J connectivity index is 1.50. The molecule has 0 unspecified atom stereocenters. The highest BCUT2D eigenvalue weighted by molar-refractivity contribution is 5.98. The number of hydrogen-bond acceptors (Lipinski definition) is 4. The van der Waals surface area contributed by atoms with E-state index in [2.05, 4.69) is 10.2 Å². The van der Waals surface area contributed by atoms with Gasteiger partial charge < -0.3 is 9.80 Å². The molecule has 7 heteroatoms. The summed E-state index contributed by atoms with van der Waals surface area (Å²) in [7, 11) is 0. The Morgan fingerprint density at radius 2 is 1.59 bits per heavy atom. The van der Waals surface area contributed by atoms with E-state index in [4.69, 9.17) is 0 Å². The first-order chi connectivity index (χ1) is 13.2. The van der Waals surface area contributed by atoms with Gasteiger partial charge in [0.1, 0.15) is 12.7 Å². The second-order valence-electron chi connectivity index (χ2n) is 7.36. The van der Waals surface area contributed by atoms with Gasteiger partial charge in [-0.2, -0.15) is 0 Å². The Kier molecular flexibility index (Phi) is 5.18. The average molecular weight is 367 g/mol. The molecule has 2 amide bonds. The Hall–Kier alpha value is -2.70. The molecule has 4 rings (SSSR count). The topological polar surface area (TPSA) is 71.3 Å². The molecule has 2 aromatic rings. The van der Waals surface area contributed by atoms with E-state index < -0.39 is 0 Å². The highest BCUT2D eigenvalue weighted by Crippen LogP contribution is 2.24. The second kappa shape index (κ2) is 7.90. The summed E-state index contributed by atoms with van der Waals surface area (Å²) < 4.78 is 1.74. The number of carbonyl (C=O) groups is 2. The van der Waals surface area contributed by atoms with Gasteiger partial charge in [0.05, 0.1) is 17.2 Å². The lowest BCUT2D eigenvalue weighted by molar-refractivity contribution is -0.137. The maximum Gasteiger partial charge on any atom is 0.256 e. The zero-order valence-corrected chi connectivity index (χ0v) is 15.5. The third kappa shape index (κ3) is 3.72. The minimum absolute atomic E-state index is 0.0320. The summed E-state index contributed by atoms with van der Waals surface area (Å²) >= 11 is 0. The van der Waals surface area contributed by atoms with Crippen LogP contribution in [-0.4, -0.2) is 62.6 Å². The first-order valence-corrected chi connectivity index (χ1v) is 9.76. The molecular weight excluding hydrogens is 342 g/mol. The molecule has 1 aromatic heterocycles. The van der Waals surface area contributed by atoms with E-state index in [1.807, 2.05) is 34.1 Å². The first-order valence-electron chi connectivity index (χ1n) is 9.76. The Labute approximate surface area is 159 Å². The van der Waals surface area contributed by atoms with Gasteiger partial charge in [-0.3, -0.25) is 14.2 Å². The van der Waals surface area contributed by atoms with Gasteiger partial charge in [0.25, 0.3) is 5.91 Å². The summed E-state index contributed by atoms with van der Waals surface area (Å²) in [6, 6.07) is 7.47. The molecule has 3 heterocycles. The maximum absolute atomic E-state index is 13.2. The van der Waals surface area contributed by atoms with Crippen molar-refractivity contribution in [3.05, 3.63) is 42.5 Å². The first kappa shape index (κ1) is 17.7. The lowest BCUT2D eigenvalue weighted by Gasteiger charge is -2.36. The highest BCUT2D eigenvalue weighted by Gasteiger charge is 2.32. The van der Waals surface area contributed by atoms with E-state index >= 15 is 0 Å². The quantitative estimate of drug-likeness (QED) is 0.833. The smallest absolute Gasteiger partial charge is 0.256 e. The number of amides is 2. The van der Waals surface area contributed by atoms with E-state index in [-0.39, 0.29) is 17.7 Å². The van der Waals surface area contributed by atoms with Crippen LogP contribution < -0.4 is 0 Å². The van der Waals surface area contributed by atoms with Crippen LogP contribution in [0.25, 0.3) is 5.69 Å². The van der Waals surface area contributed by atoms with Gasteiger partial charge in [-0.05, 0) is 44.2 Å². The van der Waals surface area contributed by atoms with Crippen molar-refractivity contribution in [1.82, 2.24) is 24.6 Å². The fourth-order valence-electron chi connectivity index (χ4n) is 4.11. The van der Waals surface area contributed by atoms with Crippen LogP contribution in [0.3, 0.4) is 0 Å². The molecular formula is C20H25N5O2. The summed E-state index contributed by atoms with van der Waals surface area (Å²) in [4.78, 5) is 29.9. The van der Waals surface area contributed by atoms with Crippen molar-refractivity contribution in [3.63, 3.8) is 0 Å². The summed E-state index contributed by atoms with van der Waals surface area (Å²) in [6.45, 7) is 2.92. The second-order valence-corrected chi connectivity index (χ2v) is 7.36. The van der Waals surface area contributed by atoms with Crippen LogP contribution in [0.1, 0.15) is 42.5 Å². The van der Waals surface area contributed by atoms with Crippen molar-refractivity contribution in [2.24, 2.45) is 5.92 Å². The zero-order valence-electron chi connectivity index (χ0n) is 15.5. The number of nitrogens with zero attached hydrogens (tertiary/aromatic N) is 5. The Morgan fingerprint density at radius 3 is 2.37 bits per heavy atom. The number of hydrogen-bond donors (Lipinski definition) is 0. The summed E-state index contributed by atoms with van der Waals surface area (Å²) in [5, 5.41) is 7.67. The molecule has 2 aliphatic heterocycles. The van der Waals surface area contributed by atoms with Crippen LogP contribution in [0.15, 0.2) is 36.9 Å².